The molecule has 20 heavy (non-hydrogen) atoms. The second kappa shape index (κ2) is 5.84. The van der Waals surface area contributed by atoms with E-state index < -0.39 is 0 Å². The first-order valence-corrected chi connectivity index (χ1v) is 7.89. The maximum atomic E-state index is 6.14. The monoisotopic (exact) mass is 274 g/mol. The highest BCUT2D eigenvalue weighted by molar-refractivity contribution is 5.25. The number of hydrogen-bond donors (Lipinski definition) is 2. The Morgan fingerprint density at radius 3 is 2.85 bits per heavy atom. The lowest BCUT2D eigenvalue weighted by molar-refractivity contribution is -0.0982. The lowest BCUT2D eigenvalue weighted by Crippen LogP contribution is -2.43. The van der Waals surface area contributed by atoms with Crippen LogP contribution < -0.4 is 11.3 Å². The number of hydrogen-bond acceptors (Lipinski definition) is 3. The van der Waals surface area contributed by atoms with E-state index in [2.05, 4.69) is 36.6 Å². The van der Waals surface area contributed by atoms with Gasteiger partial charge < -0.3 is 4.74 Å². The van der Waals surface area contributed by atoms with Gasteiger partial charge in [-0.25, -0.2) is 0 Å². The summed E-state index contributed by atoms with van der Waals surface area (Å²) in [6.45, 7) is 3.02. The molecule has 3 N–H and O–H groups in total. The Balaban J connectivity index is 1.78. The van der Waals surface area contributed by atoms with Crippen molar-refractivity contribution in [1.82, 2.24) is 5.43 Å². The van der Waals surface area contributed by atoms with E-state index in [1.54, 1.807) is 0 Å². The first-order valence-electron chi connectivity index (χ1n) is 7.89. The van der Waals surface area contributed by atoms with E-state index in [-0.39, 0.29) is 11.6 Å². The third-order valence-electron chi connectivity index (χ3n) is 5.10. The van der Waals surface area contributed by atoms with Crippen molar-refractivity contribution in [3.05, 3.63) is 35.4 Å². The quantitative estimate of drug-likeness (QED) is 0.657. The van der Waals surface area contributed by atoms with Gasteiger partial charge in [-0.3, -0.25) is 11.3 Å². The van der Waals surface area contributed by atoms with Crippen LogP contribution in [-0.4, -0.2) is 12.2 Å². The molecule has 3 rings (SSSR count). The molecular formula is C17H26N2O. The molecule has 1 aromatic rings. The van der Waals surface area contributed by atoms with Gasteiger partial charge in [0.05, 0.1) is 5.60 Å². The average molecular weight is 274 g/mol. The molecule has 3 heteroatoms. The molecule has 1 heterocycles. The Hall–Kier alpha value is -0.900. The van der Waals surface area contributed by atoms with Gasteiger partial charge in [0.25, 0.3) is 0 Å². The molecule has 1 saturated heterocycles. The SMILES string of the molecule is Cc1cccc(C(NN)C2CCOC3(CCCC3)C2)c1. The topological polar surface area (TPSA) is 47.3 Å². The van der Waals surface area contributed by atoms with Crippen LogP contribution in [0.3, 0.4) is 0 Å². The second-order valence-electron chi connectivity index (χ2n) is 6.55. The molecule has 2 aliphatic rings. The Kier molecular flexibility index (Phi) is 4.11. The first kappa shape index (κ1) is 14.1. The highest BCUT2D eigenvalue weighted by Crippen LogP contribution is 2.45. The van der Waals surface area contributed by atoms with Crippen molar-refractivity contribution in [1.29, 1.82) is 0 Å². The van der Waals surface area contributed by atoms with Gasteiger partial charge in [-0.05, 0) is 44.1 Å². The Bertz CT molecular complexity index is 454. The molecule has 0 bridgehead atoms. The van der Waals surface area contributed by atoms with Crippen molar-refractivity contribution < 1.29 is 4.74 Å². The number of ether oxygens (including phenoxy) is 1. The van der Waals surface area contributed by atoms with Crippen LogP contribution in [0, 0.1) is 12.8 Å². The van der Waals surface area contributed by atoms with Gasteiger partial charge in [-0.1, -0.05) is 42.7 Å². The Morgan fingerprint density at radius 2 is 2.15 bits per heavy atom. The molecular weight excluding hydrogens is 248 g/mol. The van der Waals surface area contributed by atoms with Crippen LogP contribution in [0.5, 0.6) is 0 Å². The first-order chi connectivity index (χ1) is 9.72. The van der Waals surface area contributed by atoms with E-state index in [0.717, 1.165) is 19.4 Å². The zero-order chi connectivity index (χ0) is 14.0. The summed E-state index contributed by atoms with van der Waals surface area (Å²) >= 11 is 0. The van der Waals surface area contributed by atoms with Crippen molar-refractivity contribution in [2.75, 3.05) is 6.61 Å². The molecule has 1 saturated carbocycles. The Morgan fingerprint density at radius 1 is 1.35 bits per heavy atom. The lowest BCUT2D eigenvalue weighted by Gasteiger charge is -2.41. The summed E-state index contributed by atoms with van der Waals surface area (Å²) in [5.74, 6) is 6.46. The second-order valence-corrected chi connectivity index (χ2v) is 6.55. The van der Waals surface area contributed by atoms with Crippen LogP contribution in [0.4, 0.5) is 0 Å². The van der Waals surface area contributed by atoms with Gasteiger partial charge in [-0.15, -0.1) is 0 Å². The molecule has 1 aliphatic heterocycles. The zero-order valence-electron chi connectivity index (χ0n) is 12.4. The molecule has 0 amide bonds. The van der Waals surface area contributed by atoms with E-state index in [4.69, 9.17) is 10.6 Å². The van der Waals surface area contributed by atoms with Crippen molar-refractivity contribution >= 4 is 0 Å². The summed E-state index contributed by atoms with van der Waals surface area (Å²) in [6.07, 6.45) is 7.35. The molecule has 110 valence electrons. The molecule has 1 spiro atoms. The molecule has 0 aromatic heterocycles. The van der Waals surface area contributed by atoms with Gasteiger partial charge in [0.15, 0.2) is 0 Å². The summed E-state index contributed by atoms with van der Waals surface area (Å²) < 4.78 is 6.14. The molecule has 3 nitrogen and oxygen atoms in total. The predicted molar refractivity (Wildman–Crippen MR) is 81.1 cm³/mol. The number of benzene rings is 1. The zero-order valence-corrected chi connectivity index (χ0v) is 12.4. The number of rotatable bonds is 3. The fourth-order valence-corrected chi connectivity index (χ4v) is 4.09. The highest BCUT2D eigenvalue weighted by atomic mass is 16.5. The lowest BCUT2D eigenvalue weighted by atomic mass is 9.78. The standard InChI is InChI=1S/C17H26N2O/c1-13-5-4-6-14(11-13)16(19-18)15-7-10-20-17(12-15)8-2-3-9-17/h4-6,11,15-16,19H,2-3,7-10,12,18H2,1H3. The van der Waals surface area contributed by atoms with E-state index in [9.17, 15) is 0 Å². The van der Waals surface area contributed by atoms with Crippen molar-refractivity contribution in [3.63, 3.8) is 0 Å². The minimum Gasteiger partial charge on any atom is -0.375 e. The molecule has 2 unspecified atom stereocenters. The number of nitrogens with two attached hydrogens (primary N) is 1. The summed E-state index contributed by atoms with van der Waals surface area (Å²) in [7, 11) is 0. The molecule has 1 aliphatic carbocycles. The highest BCUT2D eigenvalue weighted by Gasteiger charge is 2.42. The van der Waals surface area contributed by atoms with Gasteiger partial charge in [0.1, 0.15) is 0 Å². The van der Waals surface area contributed by atoms with Crippen LogP contribution >= 0.6 is 0 Å². The average Bonchev–Trinajstić information content (AvgIpc) is 2.88. The smallest absolute Gasteiger partial charge is 0.0686 e. The maximum Gasteiger partial charge on any atom is 0.0686 e. The van der Waals surface area contributed by atoms with E-state index in [1.165, 1.54) is 36.8 Å². The molecule has 1 aromatic carbocycles. The Labute approximate surface area is 121 Å². The predicted octanol–water partition coefficient (Wildman–Crippen LogP) is 3.24. The fourth-order valence-electron chi connectivity index (χ4n) is 4.09. The van der Waals surface area contributed by atoms with Crippen LogP contribution in [0.15, 0.2) is 24.3 Å². The van der Waals surface area contributed by atoms with E-state index in [1.807, 2.05) is 0 Å². The van der Waals surface area contributed by atoms with Crippen LogP contribution in [0.2, 0.25) is 0 Å². The van der Waals surface area contributed by atoms with E-state index in [0.29, 0.717) is 5.92 Å². The summed E-state index contributed by atoms with van der Waals surface area (Å²) in [6, 6.07) is 8.95. The third kappa shape index (κ3) is 2.76. The number of hydrazine groups is 1. The van der Waals surface area contributed by atoms with Gasteiger partial charge >= 0.3 is 0 Å². The van der Waals surface area contributed by atoms with Crippen molar-refractivity contribution in [3.8, 4) is 0 Å². The van der Waals surface area contributed by atoms with Crippen LogP contribution in [-0.2, 0) is 4.74 Å². The van der Waals surface area contributed by atoms with Gasteiger partial charge in [0, 0.05) is 12.6 Å². The van der Waals surface area contributed by atoms with E-state index >= 15 is 0 Å². The normalized spacial score (nSPS) is 26.8. The summed E-state index contributed by atoms with van der Waals surface area (Å²) in [4.78, 5) is 0. The summed E-state index contributed by atoms with van der Waals surface area (Å²) in [5.41, 5.74) is 5.83. The largest absolute Gasteiger partial charge is 0.375 e. The van der Waals surface area contributed by atoms with Crippen molar-refractivity contribution in [2.45, 2.75) is 57.1 Å². The van der Waals surface area contributed by atoms with Crippen molar-refractivity contribution in [2.24, 2.45) is 11.8 Å². The van der Waals surface area contributed by atoms with Gasteiger partial charge in [-0.2, -0.15) is 0 Å². The maximum absolute atomic E-state index is 6.14. The molecule has 2 fully saturated rings. The fraction of sp³-hybridized carbons (Fsp3) is 0.647. The number of aryl methyl sites for hydroxylation is 1. The molecule has 2 atom stereocenters. The third-order valence-corrected chi connectivity index (χ3v) is 5.10. The minimum absolute atomic E-state index is 0.155. The minimum atomic E-state index is 0.155. The summed E-state index contributed by atoms with van der Waals surface area (Å²) in [5, 5.41) is 0. The van der Waals surface area contributed by atoms with Crippen LogP contribution in [0.1, 0.15) is 55.7 Å². The van der Waals surface area contributed by atoms with Crippen LogP contribution in [0.25, 0.3) is 0 Å². The number of nitrogens with one attached hydrogen (secondary N) is 1. The van der Waals surface area contributed by atoms with Gasteiger partial charge in [0.2, 0.25) is 0 Å². The molecule has 0 radical (unpaired) electrons.